The summed E-state index contributed by atoms with van der Waals surface area (Å²) in [6.45, 7) is 0. The smallest absolute Gasteiger partial charge is 0.282 e. The molecule has 0 saturated heterocycles. The van der Waals surface area contributed by atoms with Crippen LogP contribution in [0.5, 0.6) is 0 Å². The SMILES string of the molecule is [NH3+]C(Cc1ccccc1)C(=O)Nc1cc2c3c(c(-c4ccccc4)[nH]c3c1)C=NNC2=O. The largest absolute Gasteiger partial charge is 0.354 e. The molecule has 3 aromatic carbocycles. The van der Waals surface area contributed by atoms with Crippen molar-refractivity contribution in [3.63, 3.8) is 0 Å². The Hall–Kier alpha value is -4.23. The van der Waals surface area contributed by atoms with Crippen LogP contribution in [0, 0.1) is 0 Å². The number of hydrogen-bond donors (Lipinski definition) is 4. The van der Waals surface area contributed by atoms with Crippen LogP contribution >= 0.6 is 0 Å². The summed E-state index contributed by atoms with van der Waals surface area (Å²) in [5, 5.41) is 7.77. The lowest BCUT2D eigenvalue weighted by Crippen LogP contribution is -2.67. The van der Waals surface area contributed by atoms with E-state index in [2.05, 4.69) is 26.6 Å². The van der Waals surface area contributed by atoms with Gasteiger partial charge in [0.2, 0.25) is 0 Å². The number of rotatable bonds is 5. The van der Waals surface area contributed by atoms with Crippen molar-refractivity contribution >= 4 is 34.6 Å². The molecule has 0 spiro atoms. The van der Waals surface area contributed by atoms with Gasteiger partial charge in [-0.3, -0.25) is 9.59 Å². The molecule has 0 fully saturated rings. The summed E-state index contributed by atoms with van der Waals surface area (Å²) < 4.78 is 0. The Morgan fingerprint density at radius 1 is 1.03 bits per heavy atom. The number of quaternary nitrogens is 1. The van der Waals surface area contributed by atoms with Crippen molar-refractivity contribution in [3.05, 3.63) is 89.5 Å². The minimum atomic E-state index is -0.469. The molecule has 2 amide bonds. The van der Waals surface area contributed by atoms with Crippen LogP contribution in [0.2, 0.25) is 0 Å². The third-order valence-electron chi connectivity index (χ3n) is 5.57. The summed E-state index contributed by atoms with van der Waals surface area (Å²) in [6.07, 6.45) is 2.18. The molecule has 0 radical (unpaired) electrons. The Balaban J connectivity index is 1.51. The molecule has 2 heterocycles. The zero-order valence-corrected chi connectivity index (χ0v) is 17.3. The first-order valence-electron chi connectivity index (χ1n) is 10.4. The lowest BCUT2D eigenvalue weighted by Gasteiger charge is -2.11. The molecule has 0 aliphatic carbocycles. The van der Waals surface area contributed by atoms with Crippen LogP contribution in [0.1, 0.15) is 21.5 Å². The van der Waals surface area contributed by atoms with E-state index in [0.29, 0.717) is 17.7 Å². The van der Waals surface area contributed by atoms with Crippen molar-refractivity contribution < 1.29 is 15.3 Å². The first-order valence-corrected chi connectivity index (χ1v) is 10.4. The normalized spacial score (nSPS) is 13.5. The maximum atomic E-state index is 12.8. The second-order valence-corrected chi connectivity index (χ2v) is 7.80. The minimum absolute atomic E-state index is 0.208. The van der Waals surface area contributed by atoms with Gasteiger partial charge in [0, 0.05) is 28.6 Å². The van der Waals surface area contributed by atoms with Crippen LogP contribution in [0.15, 0.2) is 77.9 Å². The van der Waals surface area contributed by atoms with Crippen LogP contribution < -0.4 is 16.5 Å². The number of nitrogens with zero attached hydrogens (tertiary/aromatic N) is 1. The predicted molar refractivity (Wildman–Crippen MR) is 124 cm³/mol. The van der Waals surface area contributed by atoms with E-state index in [1.54, 1.807) is 12.3 Å². The van der Waals surface area contributed by atoms with Gasteiger partial charge in [-0.05, 0) is 23.3 Å². The number of H-pyrrole nitrogens is 1. The van der Waals surface area contributed by atoms with E-state index in [1.807, 2.05) is 66.7 Å². The van der Waals surface area contributed by atoms with Crippen LogP contribution in [-0.2, 0) is 11.2 Å². The molecule has 1 aliphatic heterocycles. The van der Waals surface area contributed by atoms with E-state index in [1.165, 1.54) is 0 Å². The second kappa shape index (κ2) is 8.13. The summed E-state index contributed by atoms with van der Waals surface area (Å²) in [5.41, 5.74) is 12.0. The van der Waals surface area contributed by atoms with Crippen molar-refractivity contribution in [2.24, 2.45) is 5.10 Å². The average Bonchev–Trinajstić information content (AvgIpc) is 3.09. The second-order valence-electron chi connectivity index (χ2n) is 7.80. The zero-order valence-electron chi connectivity index (χ0n) is 17.3. The number of nitrogens with one attached hydrogen (secondary N) is 3. The van der Waals surface area contributed by atoms with Crippen LogP contribution in [0.25, 0.3) is 22.2 Å². The number of carbonyl (C=O) groups is 2. The molecule has 1 unspecified atom stereocenters. The van der Waals surface area contributed by atoms with Crippen molar-refractivity contribution in [1.82, 2.24) is 10.4 Å². The monoisotopic (exact) mass is 424 g/mol. The topological polar surface area (TPSA) is 114 Å². The highest BCUT2D eigenvalue weighted by atomic mass is 16.2. The minimum Gasteiger partial charge on any atom is -0.354 e. The quantitative estimate of drug-likeness (QED) is 0.395. The number of aromatic amines is 1. The fourth-order valence-corrected chi connectivity index (χ4v) is 4.02. The summed E-state index contributed by atoms with van der Waals surface area (Å²) in [4.78, 5) is 28.9. The van der Waals surface area contributed by atoms with Crippen molar-refractivity contribution in [1.29, 1.82) is 0 Å². The number of amides is 2. The summed E-state index contributed by atoms with van der Waals surface area (Å²) in [5.74, 6) is -0.532. The molecular formula is C25H22N5O2+. The first kappa shape index (κ1) is 19.7. The molecule has 158 valence electrons. The Morgan fingerprint density at radius 3 is 2.50 bits per heavy atom. The van der Waals surface area contributed by atoms with Crippen molar-refractivity contribution in [2.75, 3.05) is 5.32 Å². The lowest BCUT2D eigenvalue weighted by atomic mass is 10.0. The molecule has 32 heavy (non-hydrogen) atoms. The van der Waals surface area contributed by atoms with Gasteiger partial charge < -0.3 is 16.0 Å². The van der Waals surface area contributed by atoms with Crippen LogP contribution in [0.3, 0.4) is 0 Å². The molecular weight excluding hydrogens is 402 g/mol. The number of benzene rings is 3. The van der Waals surface area contributed by atoms with Gasteiger partial charge in [-0.1, -0.05) is 60.7 Å². The summed E-state index contributed by atoms with van der Waals surface area (Å²) in [7, 11) is 0. The molecule has 7 nitrogen and oxygen atoms in total. The van der Waals surface area contributed by atoms with E-state index in [9.17, 15) is 9.59 Å². The van der Waals surface area contributed by atoms with E-state index in [4.69, 9.17) is 0 Å². The van der Waals surface area contributed by atoms with E-state index in [-0.39, 0.29) is 11.8 Å². The number of hydrogen-bond acceptors (Lipinski definition) is 3. The standard InChI is InChI=1S/C25H21N5O2/c26-20(11-15-7-3-1-4-8-15)25(32)28-17-12-18-22-19(14-27-30-24(18)31)23(29-21(22)13-17)16-9-5-2-6-10-16/h1-10,12-14,20,29H,11,26H2,(H,28,32)(H,30,31)/p+1. The average molecular weight is 424 g/mol. The van der Waals surface area contributed by atoms with Crippen LogP contribution in [-0.4, -0.2) is 29.1 Å². The maximum absolute atomic E-state index is 12.8. The highest BCUT2D eigenvalue weighted by molar-refractivity contribution is 6.18. The zero-order chi connectivity index (χ0) is 22.1. The highest BCUT2D eigenvalue weighted by Crippen LogP contribution is 2.34. The van der Waals surface area contributed by atoms with E-state index >= 15 is 0 Å². The van der Waals surface area contributed by atoms with Gasteiger partial charge in [0.05, 0.1) is 17.5 Å². The number of aromatic nitrogens is 1. The number of hydrazone groups is 1. The number of anilines is 1. The molecule has 1 aliphatic rings. The van der Waals surface area contributed by atoms with Gasteiger partial charge in [-0.25, -0.2) is 5.43 Å². The molecule has 0 saturated carbocycles. The van der Waals surface area contributed by atoms with Gasteiger partial charge >= 0.3 is 0 Å². The third-order valence-corrected chi connectivity index (χ3v) is 5.57. The van der Waals surface area contributed by atoms with Gasteiger partial charge in [0.1, 0.15) is 0 Å². The predicted octanol–water partition coefficient (Wildman–Crippen LogP) is 2.70. The van der Waals surface area contributed by atoms with Gasteiger partial charge in [-0.15, -0.1) is 0 Å². The first-order chi connectivity index (χ1) is 15.6. The fraction of sp³-hybridized carbons (Fsp3) is 0.0800. The van der Waals surface area contributed by atoms with Gasteiger partial charge in [-0.2, -0.15) is 5.10 Å². The molecule has 4 aromatic rings. The maximum Gasteiger partial charge on any atom is 0.282 e. The third kappa shape index (κ3) is 3.66. The van der Waals surface area contributed by atoms with E-state index < -0.39 is 6.04 Å². The van der Waals surface area contributed by atoms with Crippen molar-refractivity contribution in [2.45, 2.75) is 12.5 Å². The van der Waals surface area contributed by atoms with Crippen molar-refractivity contribution in [3.8, 4) is 11.3 Å². The van der Waals surface area contributed by atoms with E-state index in [0.717, 1.165) is 33.3 Å². The Morgan fingerprint density at radius 2 is 1.75 bits per heavy atom. The molecule has 6 N–H and O–H groups in total. The Labute approximate surface area is 184 Å². The van der Waals surface area contributed by atoms with Crippen LogP contribution in [0.4, 0.5) is 5.69 Å². The lowest BCUT2D eigenvalue weighted by molar-refractivity contribution is -0.402. The molecule has 1 aromatic heterocycles. The fourth-order valence-electron chi connectivity index (χ4n) is 4.02. The summed E-state index contributed by atoms with van der Waals surface area (Å²) >= 11 is 0. The Kier molecular flexibility index (Phi) is 5.01. The highest BCUT2D eigenvalue weighted by Gasteiger charge is 2.24. The van der Waals surface area contributed by atoms with Gasteiger partial charge in [0.25, 0.3) is 11.8 Å². The number of carbonyl (C=O) groups excluding carboxylic acids is 2. The van der Waals surface area contributed by atoms with Gasteiger partial charge in [0.15, 0.2) is 6.04 Å². The molecule has 1 atom stereocenters. The molecule has 0 bridgehead atoms. The molecule has 7 heteroatoms. The molecule has 5 rings (SSSR count). The summed E-state index contributed by atoms with van der Waals surface area (Å²) in [6, 6.07) is 22.7. The Bertz CT molecular complexity index is 1340.